The van der Waals surface area contributed by atoms with Gasteiger partial charge in [0.05, 0.1) is 16.3 Å². The van der Waals surface area contributed by atoms with Gasteiger partial charge in [0, 0.05) is 12.1 Å². The maximum atomic E-state index is 13.1. The van der Waals surface area contributed by atoms with Crippen LogP contribution in [0.25, 0.3) is 21.8 Å². The molecule has 3 aromatic carbocycles. The number of halogens is 1. The molecule has 0 spiro atoms. The van der Waals surface area contributed by atoms with Crippen molar-refractivity contribution in [3.8, 4) is 5.75 Å². The molecule has 1 aromatic heterocycles. The fourth-order valence-corrected chi connectivity index (χ4v) is 3.43. The van der Waals surface area contributed by atoms with Crippen molar-refractivity contribution < 1.29 is 13.7 Å². The van der Waals surface area contributed by atoms with E-state index in [0.29, 0.717) is 10.8 Å². The summed E-state index contributed by atoms with van der Waals surface area (Å²) in [5.74, 6) is 0.216. The van der Waals surface area contributed by atoms with Crippen LogP contribution < -0.4 is 9.30 Å². The highest BCUT2D eigenvalue weighted by Crippen LogP contribution is 2.26. The molecular weight excluding hydrogens is 333 g/mol. The topological polar surface area (TPSA) is 13.1 Å². The highest BCUT2D eigenvalue weighted by Gasteiger charge is 2.21. The second-order valence-electron chi connectivity index (χ2n) is 5.81. The van der Waals surface area contributed by atoms with E-state index in [1.807, 2.05) is 43.4 Å². The quantitative estimate of drug-likeness (QED) is 0.296. The van der Waals surface area contributed by atoms with Gasteiger partial charge in [-0.3, -0.25) is 0 Å². The molecule has 0 unspecified atom stereocenters. The van der Waals surface area contributed by atoms with Crippen LogP contribution in [0.1, 0.15) is 5.56 Å². The van der Waals surface area contributed by atoms with E-state index in [9.17, 15) is 4.39 Å². The lowest BCUT2D eigenvalue weighted by molar-refractivity contribution is -0.617. The van der Waals surface area contributed by atoms with E-state index in [2.05, 4.69) is 16.7 Å². The number of aryl methyl sites for hydroxylation is 1. The first-order chi connectivity index (χ1) is 12.1. The molecule has 0 aliphatic carbocycles. The van der Waals surface area contributed by atoms with Gasteiger partial charge in [0.15, 0.2) is 5.05 Å². The van der Waals surface area contributed by atoms with Gasteiger partial charge in [-0.25, -0.2) is 4.39 Å². The van der Waals surface area contributed by atoms with Crippen LogP contribution in [0.3, 0.4) is 0 Å². The molecular formula is C21H15FNOS+. The van der Waals surface area contributed by atoms with Gasteiger partial charge in [-0.2, -0.15) is 4.57 Å². The molecule has 0 bridgehead atoms. The standard InChI is InChI=1S/C21H15FNOS/c1-23-18-8-4-2-6-16(18)20(17-7-3-5-9-19(17)23)21(25)24-15-12-10-14(22)11-13-15/h2-13H,1H3/q+1. The van der Waals surface area contributed by atoms with Gasteiger partial charge in [-0.05, 0) is 48.6 Å². The van der Waals surface area contributed by atoms with Crippen molar-refractivity contribution in [3.05, 3.63) is 84.2 Å². The predicted octanol–water partition coefficient (Wildman–Crippen LogP) is 4.71. The average Bonchev–Trinajstić information content (AvgIpc) is 2.64. The molecule has 0 amide bonds. The van der Waals surface area contributed by atoms with E-state index < -0.39 is 0 Å². The molecule has 2 nitrogen and oxygen atoms in total. The van der Waals surface area contributed by atoms with Crippen LogP contribution in [0.15, 0.2) is 72.8 Å². The summed E-state index contributed by atoms with van der Waals surface area (Å²) in [4.78, 5) is 0. The van der Waals surface area contributed by atoms with Gasteiger partial charge in [0.2, 0.25) is 11.0 Å². The SMILES string of the molecule is C[n+]1c2ccccc2c(C(=S)Oc2ccc(F)cc2)c2ccccc21. The molecule has 4 heteroatoms. The fourth-order valence-electron chi connectivity index (χ4n) is 3.11. The Morgan fingerprint density at radius 1 is 0.840 bits per heavy atom. The molecule has 0 saturated heterocycles. The first kappa shape index (κ1) is 15.7. The van der Waals surface area contributed by atoms with Crippen LogP contribution in [0.5, 0.6) is 5.75 Å². The normalized spacial score (nSPS) is 11.0. The number of aromatic nitrogens is 1. The lowest BCUT2D eigenvalue weighted by Gasteiger charge is -2.12. The average molecular weight is 348 g/mol. The van der Waals surface area contributed by atoms with E-state index in [0.717, 1.165) is 27.4 Å². The molecule has 4 aromatic rings. The van der Waals surface area contributed by atoms with Crippen LogP contribution in [-0.4, -0.2) is 5.05 Å². The lowest BCUT2D eigenvalue weighted by Crippen LogP contribution is -2.31. The van der Waals surface area contributed by atoms with Crippen LogP contribution in [0.4, 0.5) is 4.39 Å². The summed E-state index contributed by atoms with van der Waals surface area (Å²) in [5, 5.41) is 2.42. The number of hydrogen-bond acceptors (Lipinski definition) is 2. The number of ether oxygens (including phenoxy) is 1. The molecule has 0 radical (unpaired) electrons. The minimum Gasteiger partial charge on any atom is -0.445 e. The van der Waals surface area contributed by atoms with Crippen molar-refractivity contribution in [1.29, 1.82) is 0 Å². The Bertz CT molecular complexity index is 1050. The minimum atomic E-state index is -0.305. The van der Waals surface area contributed by atoms with E-state index in [1.165, 1.54) is 12.1 Å². The van der Waals surface area contributed by atoms with Crippen molar-refractivity contribution in [2.45, 2.75) is 0 Å². The summed E-state index contributed by atoms with van der Waals surface area (Å²) in [7, 11) is 2.04. The van der Waals surface area contributed by atoms with Crippen LogP contribution in [0.2, 0.25) is 0 Å². The Morgan fingerprint density at radius 2 is 1.36 bits per heavy atom. The summed E-state index contributed by atoms with van der Waals surface area (Å²) in [6.07, 6.45) is 0. The van der Waals surface area contributed by atoms with Gasteiger partial charge in [0.25, 0.3) is 0 Å². The van der Waals surface area contributed by atoms with Crippen LogP contribution in [-0.2, 0) is 7.05 Å². The monoisotopic (exact) mass is 348 g/mol. The van der Waals surface area contributed by atoms with Crippen molar-refractivity contribution in [2.24, 2.45) is 7.05 Å². The number of fused-ring (bicyclic) bond motifs is 2. The number of pyridine rings is 1. The molecule has 0 atom stereocenters. The number of thiocarbonyl (C=S) groups is 1. The van der Waals surface area contributed by atoms with Crippen molar-refractivity contribution in [2.75, 3.05) is 0 Å². The molecule has 25 heavy (non-hydrogen) atoms. The number of hydrogen-bond donors (Lipinski definition) is 0. The largest absolute Gasteiger partial charge is 0.445 e. The van der Waals surface area contributed by atoms with Gasteiger partial charge < -0.3 is 4.74 Å². The van der Waals surface area contributed by atoms with Crippen LogP contribution in [0, 0.1) is 5.82 Å². The molecule has 122 valence electrons. The molecule has 0 aliphatic heterocycles. The zero-order valence-corrected chi connectivity index (χ0v) is 14.4. The summed E-state index contributed by atoms with van der Waals surface area (Å²) in [5.41, 5.74) is 3.02. The van der Waals surface area contributed by atoms with Crippen molar-refractivity contribution in [1.82, 2.24) is 0 Å². The molecule has 0 aliphatic rings. The molecule has 0 saturated carbocycles. The zero-order chi connectivity index (χ0) is 17.4. The van der Waals surface area contributed by atoms with Crippen molar-refractivity contribution >= 4 is 39.1 Å². The number of benzene rings is 3. The molecule has 1 heterocycles. The zero-order valence-electron chi connectivity index (χ0n) is 13.6. The van der Waals surface area contributed by atoms with E-state index in [1.54, 1.807) is 12.1 Å². The molecule has 0 N–H and O–H groups in total. The van der Waals surface area contributed by atoms with Gasteiger partial charge in [0.1, 0.15) is 18.6 Å². The second kappa shape index (κ2) is 6.22. The fraction of sp³-hybridized carbons (Fsp3) is 0.0476. The van der Waals surface area contributed by atoms with Gasteiger partial charge in [-0.15, -0.1) is 0 Å². The predicted molar refractivity (Wildman–Crippen MR) is 101 cm³/mol. The minimum absolute atomic E-state index is 0.305. The third kappa shape index (κ3) is 2.75. The highest BCUT2D eigenvalue weighted by atomic mass is 32.1. The lowest BCUT2D eigenvalue weighted by atomic mass is 10.0. The summed E-state index contributed by atoms with van der Waals surface area (Å²) in [6.45, 7) is 0. The number of para-hydroxylation sites is 2. The Kier molecular flexibility index (Phi) is 3.90. The van der Waals surface area contributed by atoms with E-state index in [-0.39, 0.29) is 5.82 Å². The number of rotatable bonds is 2. The smallest absolute Gasteiger partial charge is 0.213 e. The summed E-state index contributed by atoms with van der Waals surface area (Å²) < 4.78 is 21.1. The Labute approximate surface area is 150 Å². The maximum Gasteiger partial charge on any atom is 0.213 e. The van der Waals surface area contributed by atoms with E-state index in [4.69, 9.17) is 17.0 Å². The molecule has 0 fully saturated rings. The summed E-state index contributed by atoms with van der Waals surface area (Å²) >= 11 is 5.61. The highest BCUT2D eigenvalue weighted by molar-refractivity contribution is 7.80. The first-order valence-electron chi connectivity index (χ1n) is 7.92. The second-order valence-corrected chi connectivity index (χ2v) is 6.18. The van der Waals surface area contributed by atoms with Gasteiger partial charge in [-0.1, -0.05) is 24.3 Å². The van der Waals surface area contributed by atoms with Crippen LogP contribution >= 0.6 is 12.2 Å². The third-order valence-electron chi connectivity index (χ3n) is 4.30. The molecule has 4 rings (SSSR count). The maximum absolute atomic E-state index is 13.1. The third-order valence-corrected chi connectivity index (χ3v) is 4.59. The van der Waals surface area contributed by atoms with E-state index >= 15 is 0 Å². The Balaban J connectivity index is 1.93. The van der Waals surface area contributed by atoms with Crippen molar-refractivity contribution in [3.63, 3.8) is 0 Å². The summed E-state index contributed by atoms with van der Waals surface area (Å²) in [6, 6.07) is 22.1. The number of nitrogens with zero attached hydrogens (tertiary/aromatic N) is 1. The van der Waals surface area contributed by atoms with Gasteiger partial charge >= 0.3 is 0 Å². The Hall–Kier alpha value is -2.85. The first-order valence-corrected chi connectivity index (χ1v) is 8.33. The Morgan fingerprint density at radius 3 is 1.92 bits per heavy atom.